The van der Waals surface area contributed by atoms with Crippen LogP contribution in [0, 0.1) is 0 Å². The molecule has 0 bridgehead atoms. The molecule has 1 fully saturated rings. The normalized spacial score (nSPS) is 15.4. The van der Waals surface area contributed by atoms with Crippen LogP contribution in [0.25, 0.3) is 16.8 Å². The summed E-state index contributed by atoms with van der Waals surface area (Å²) in [5, 5.41) is 17.8. The first-order valence-corrected chi connectivity index (χ1v) is 11.6. The van der Waals surface area contributed by atoms with E-state index in [4.69, 9.17) is 9.84 Å². The van der Waals surface area contributed by atoms with Crippen molar-refractivity contribution in [1.82, 2.24) is 19.5 Å². The van der Waals surface area contributed by atoms with Gasteiger partial charge in [-0.15, -0.1) is 5.10 Å². The van der Waals surface area contributed by atoms with Gasteiger partial charge in [0.25, 0.3) is 0 Å². The first kappa shape index (κ1) is 22.2. The zero-order valence-corrected chi connectivity index (χ0v) is 19.6. The number of piperazine rings is 1. The number of hydrogen-bond donors (Lipinski definition) is 2. The van der Waals surface area contributed by atoms with Crippen molar-refractivity contribution in [1.29, 1.82) is 0 Å². The number of benzene rings is 2. The van der Waals surface area contributed by atoms with Crippen LogP contribution in [0.2, 0.25) is 0 Å². The second-order valence-electron chi connectivity index (χ2n) is 8.65. The lowest BCUT2D eigenvalue weighted by atomic mass is 10.1. The van der Waals surface area contributed by atoms with Crippen molar-refractivity contribution in [2.75, 3.05) is 50.1 Å². The Hall–Kier alpha value is -3.62. The molecular formula is C26H30N6O2. The molecular weight excluding hydrogens is 428 g/mol. The summed E-state index contributed by atoms with van der Waals surface area (Å²) in [4.78, 5) is 9.20. The van der Waals surface area contributed by atoms with Gasteiger partial charge in [0.05, 0.1) is 30.6 Å². The Kier molecular flexibility index (Phi) is 6.33. The van der Waals surface area contributed by atoms with E-state index in [1.807, 2.05) is 66.2 Å². The van der Waals surface area contributed by atoms with E-state index in [0.717, 1.165) is 60.9 Å². The van der Waals surface area contributed by atoms with E-state index < -0.39 is 0 Å². The number of aliphatic hydroxyl groups excluding tert-OH is 1. The molecule has 1 aliphatic heterocycles. The molecule has 176 valence electrons. The number of methoxy groups -OCH3 is 1. The van der Waals surface area contributed by atoms with Crippen LogP contribution < -0.4 is 15.0 Å². The molecule has 2 N–H and O–H groups in total. The molecule has 0 amide bonds. The summed E-state index contributed by atoms with van der Waals surface area (Å²) in [6, 6.07) is 20.3. The van der Waals surface area contributed by atoms with Crippen molar-refractivity contribution in [2.45, 2.75) is 13.0 Å². The Bertz CT molecular complexity index is 1260. The standard InChI is InChI=1S/C26H30N6O2/c1-19(33)18-30-12-14-31(15-13-30)21-7-5-6-20(16-21)28-26-27-17-22-10-11-24(32(22)29-26)23-8-3-4-9-25(23)34-2/h3-11,16-17,19,33H,12-15,18H2,1-2H3,(H,28,29). The lowest BCUT2D eigenvalue weighted by Crippen LogP contribution is -2.48. The maximum absolute atomic E-state index is 9.64. The Morgan fingerprint density at radius 3 is 2.65 bits per heavy atom. The van der Waals surface area contributed by atoms with Crippen LogP contribution >= 0.6 is 0 Å². The molecule has 0 radical (unpaired) electrons. The number of nitrogens with one attached hydrogen (secondary N) is 1. The number of ether oxygens (including phenoxy) is 1. The molecule has 8 nitrogen and oxygen atoms in total. The van der Waals surface area contributed by atoms with Crippen LogP contribution in [-0.2, 0) is 0 Å². The Morgan fingerprint density at radius 1 is 1.03 bits per heavy atom. The monoisotopic (exact) mass is 458 g/mol. The number of rotatable bonds is 7. The summed E-state index contributed by atoms with van der Waals surface area (Å²) in [7, 11) is 1.68. The third-order valence-electron chi connectivity index (χ3n) is 6.14. The summed E-state index contributed by atoms with van der Waals surface area (Å²) < 4.78 is 7.44. The van der Waals surface area contributed by atoms with Gasteiger partial charge >= 0.3 is 0 Å². The summed E-state index contributed by atoms with van der Waals surface area (Å²) in [5.74, 6) is 1.33. The fourth-order valence-electron chi connectivity index (χ4n) is 4.49. The number of para-hydroxylation sites is 1. The topological polar surface area (TPSA) is 78.2 Å². The predicted molar refractivity (Wildman–Crippen MR) is 135 cm³/mol. The number of β-amino-alcohol motifs (C(OH)–C–C–N with tert-alkyl or cyclic N) is 1. The molecule has 0 saturated carbocycles. The minimum Gasteiger partial charge on any atom is -0.496 e. The van der Waals surface area contributed by atoms with Gasteiger partial charge < -0.3 is 20.1 Å². The van der Waals surface area contributed by atoms with E-state index in [2.05, 4.69) is 32.2 Å². The van der Waals surface area contributed by atoms with Crippen LogP contribution in [0.4, 0.5) is 17.3 Å². The highest BCUT2D eigenvalue weighted by Gasteiger charge is 2.18. The van der Waals surface area contributed by atoms with Gasteiger partial charge in [0.15, 0.2) is 0 Å². The largest absolute Gasteiger partial charge is 0.496 e. The van der Waals surface area contributed by atoms with Crippen molar-refractivity contribution >= 4 is 22.8 Å². The summed E-state index contributed by atoms with van der Waals surface area (Å²) in [6.07, 6.45) is 1.53. The van der Waals surface area contributed by atoms with Gasteiger partial charge in [-0.25, -0.2) is 9.50 Å². The van der Waals surface area contributed by atoms with Gasteiger partial charge in [-0.1, -0.05) is 18.2 Å². The van der Waals surface area contributed by atoms with Crippen molar-refractivity contribution in [3.8, 4) is 17.0 Å². The molecule has 4 aromatic rings. The fourth-order valence-corrected chi connectivity index (χ4v) is 4.49. The van der Waals surface area contributed by atoms with E-state index in [-0.39, 0.29) is 6.10 Å². The number of hydrogen-bond acceptors (Lipinski definition) is 7. The number of anilines is 3. The average Bonchev–Trinajstić information content (AvgIpc) is 3.27. The maximum atomic E-state index is 9.64. The molecule has 8 heteroatoms. The highest BCUT2D eigenvalue weighted by atomic mass is 16.5. The zero-order chi connectivity index (χ0) is 23.5. The summed E-state index contributed by atoms with van der Waals surface area (Å²) >= 11 is 0. The van der Waals surface area contributed by atoms with Crippen LogP contribution in [0.5, 0.6) is 5.75 Å². The van der Waals surface area contributed by atoms with Gasteiger partial charge in [0.2, 0.25) is 5.95 Å². The Labute approximate surface area is 199 Å². The highest BCUT2D eigenvalue weighted by Crippen LogP contribution is 2.31. The number of aromatic nitrogens is 3. The molecule has 1 aliphatic rings. The smallest absolute Gasteiger partial charge is 0.245 e. The van der Waals surface area contributed by atoms with Crippen molar-refractivity contribution in [2.24, 2.45) is 0 Å². The maximum Gasteiger partial charge on any atom is 0.245 e. The van der Waals surface area contributed by atoms with Crippen molar-refractivity contribution in [3.05, 3.63) is 66.9 Å². The van der Waals surface area contributed by atoms with Gasteiger partial charge in [-0.2, -0.15) is 0 Å². The Balaban J connectivity index is 1.35. The lowest BCUT2D eigenvalue weighted by Gasteiger charge is -2.36. The quantitative estimate of drug-likeness (QED) is 0.438. The van der Waals surface area contributed by atoms with Gasteiger partial charge in [-0.3, -0.25) is 4.90 Å². The first-order valence-electron chi connectivity index (χ1n) is 11.6. The van der Waals surface area contributed by atoms with Crippen LogP contribution in [0.3, 0.4) is 0 Å². The molecule has 5 rings (SSSR count). The van der Waals surface area contributed by atoms with Crippen molar-refractivity contribution in [3.63, 3.8) is 0 Å². The van der Waals surface area contributed by atoms with E-state index in [0.29, 0.717) is 5.95 Å². The average molecular weight is 459 g/mol. The molecule has 1 atom stereocenters. The van der Waals surface area contributed by atoms with Crippen molar-refractivity contribution < 1.29 is 9.84 Å². The summed E-state index contributed by atoms with van der Waals surface area (Å²) in [5.41, 5.74) is 4.94. The van der Waals surface area contributed by atoms with Crippen LogP contribution in [0.1, 0.15) is 6.92 Å². The molecule has 2 aromatic heterocycles. The third-order valence-corrected chi connectivity index (χ3v) is 6.14. The molecule has 0 spiro atoms. The van der Waals surface area contributed by atoms with E-state index in [1.165, 1.54) is 5.69 Å². The van der Waals surface area contributed by atoms with Gasteiger partial charge in [0.1, 0.15) is 5.75 Å². The molecule has 0 aliphatic carbocycles. The molecule has 34 heavy (non-hydrogen) atoms. The molecule has 3 heterocycles. The number of nitrogens with zero attached hydrogens (tertiary/aromatic N) is 5. The van der Waals surface area contributed by atoms with E-state index in [9.17, 15) is 5.11 Å². The minimum absolute atomic E-state index is 0.291. The fraction of sp³-hybridized carbons (Fsp3) is 0.308. The lowest BCUT2D eigenvalue weighted by molar-refractivity contribution is 0.123. The summed E-state index contributed by atoms with van der Waals surface area (Å²) in [6.45, 7) is 6.33. The van der Waals surface area contributed by atoms with E-state index >= 15 is 0 Å². The van der Waals surface area contributed by atoms with Crippen LogP contribution in [-0.4, -0.2) is 70.5 Å². The van der Waals surface area contributed by atoms with Gasteiger partial charge in [0, 0.05) is 49.7 Å². The highest BCUT2D eigenvalue weighted by molar-refractivity contribution is 5.72. The molecule has 1 saturated heterocycles. The minimum atomic E-state index is -0.291. The molecule has 2 aromatic carbocycles. The predicted octanol–water partition coefficient (Wildman–Crippen LogP) is 3.65. The van der Waals surface area contributed by atoms with Crippen LogP contribution in [0.15, 0.2) is 66.9 Å². The Morgan fingerprint density at radius 2 is 1.85 bits per heavy atom. The number of fused-ring (bicyclic) bond motifs is 1. The number of aliphatic hydroxyl groups is 1. The zero-order valence-electron chi connectivity index (χ0n) is 19.6. The van der Waals surface area contributed by atoms with E-state index in [1.54, 1.807) is 7.11 Å². The molecule has 1 unspecified atom stereocenters. The second kappa shape index (κ2) is 9.70. The van der Waals surface area contributed by atoms with Gasteiger partial charge in [-0.05, 0) is 49.4 Å². The SMILES string of the molecule is COc1ccccc1-c1ccc2cnc(Nc3cccc(N4CCN(CC(C)O)CC4)c3)nn12. The first-order chi connectivity index (χ1) is 16.6. The third kappa shape index (κ3) is 4.69. The second-order valence-corrected chi connectivity index (χ2v) is 8.65.